The molecule has 3 amide bonds. The Morgan fingerprint density at radius 1 is 1.12 bits per heavy atom. The summed E-state index contributed by atoms with van der Waals surface area (Å²) in [6.45, 7) is 15.5. The van der Waals surface area contributed by atoms with E-state index in [0.717, 1.165) is 29.5 Å². The molecule has 1 heterocycles. The predicted octanol–water partition coefficient (Wildman–Crippen LogP) is 5.09. The van der Waals surface area contributed by atoms with E-state index in [1.165, 1.54) is 4.90 Å². The number of nitrogens with one attached hydrogen (secondary N) is 1. The first-order valence-corrected chi connectivity index (χ1v) is 14.1. The molecule has 0 spiro atoms. The molecule has 4 rings (SSSR count). The molecule has 3 atom stereocenters. The van der Waals surface area contributed by atoms with Crippen LogP contribution in [0.15, 0.2) is 55.1 Å². The number of rotatable bonds is 5. The lowest BCUT2D eigenvalue weighted by Crippen LogP contribution is -2.48. The lowest BCUT2D eigenvalue weighted by molar-refractivity contribution is -0.138. The third-order valence-corrected chi connectivity index (χ3v) is 5.91. The van der Waals surface area contributed by atoms with Crippen LogP contribution in [0.5, 0.6) is 5.75 Å². The van der Waals surface area contributed by atoms with Gasteiger partial charge in [-0.1, -0.05) is 63.2 Å². The molecule has 5 N–H and O–H groups in total. The Kier molecular flexibility index (Phi) is 14.6. The number of allylic oxidation sites excluding steroid dienone is 1. The number of carbonyl (C=O) groups excluding carboxylic acids is 3. The van der Waals surface area contributed by atoms with E-state index in [1.807, 2.05) is 36.4 Å². The summed E-state index contributed by atoms with van der Waals surface area (Å²) in [5.74, 6) is -0.201. The van der Waals surface area contributed by atoms with Gasteiger partial charge in [-0.05, 0) is 63.3 Å². The molecule has 2 aromatic rings. The third-order valence-electron chi connectivity index (χ3n) is 5.91. The van der Waals surface area contributed by atoms with Crippen molar-refractivity contribution < 1.29 is 34.1 Å². The highest BCUT2D eigenvalue weighted by Crippen LogP contribution is 2.39. The molecule has 232 valence electrons. The molecule has 3 unspecified atom stereocenters. The van der Waals surface area contributed by atoms with Crippen LogP contribution in [0.25, 0.3) is 10.8 Å². The molecule has 2 aromatic carbocycles. The van der Waals surface area contributed by atoms with Gasteiger partial charge < -0.3 is 30.9 Å². The minimum absolute atomic E-state index is 0.118. The highest BCUT2D eigenvalue weighted by atomic mass is 16.6. The normalized spacial score (nSPS) is 18.6. The lowest BCUT2D eigenvalue weighted by Gasteiger charge is -2.23. The number of likely N-dealkylation sites (tertiary alicyclic amines) is 1. The SMILES string of the molecule is C=CC1CC1C(=O)O.CC(C)(C)OC(=O)NCC(=O)N1CCCC1C(N)=O.CC(C)C.Oc1cccc2ccccc12. The Morgan fingerprint density at radius 2 is 1.71 bits per heavy atom. The standard InChI is InChI=1S/C12H21N3O4.C10H8O.C6H8O2.C4H10/c1-12(2,3)19-11(18)14-7-9(16)15-6-4-5-8(15)10(13)17;11-10-7-3-5-8-4-1-2-6-9(8)10;1-2-4-3-5(4)6(7)8;1-4(2)3/h8H,4-7H2,1-3H3,(H2,13,17)(H,14,18);1-7,11H;2,4-5H,1,3H2,(H,7,8);4H,1-3H3. The molecule has 1 aliphatic carbocycles. The lowest BCUT2D eigenvalue weighted by atomic mass is 10.1. The van der Waals surface area contributed by atoms with Gasteiger partial charge in [-0.3, -0.25) is 14.4 Å². The maximum Gasteiger partial charge on any atom is 0.408 e. The van der Waals surface area contributed by atoms with Crippen LogP contribution in [0.3, 0.4) is 0 Å². The molecule has 1 saturated carbocycles. The highest BCUT2D eigenvalue weighted by molar-refractivity contribution is 5.89. The number of nitrogens with zero attached hydrogens (tertiary/aromatic N) is 1. The molecule has 1 aliphatic heterocycles. The van der Waals surface area contributed by atoms with E-state index in [1.54, 1.807) is 32.9 Å². The molecule has 10 nitrogen and oxygen atoms in total. The zero-order chi connectivity index (χ0) is 32.0. The number of phenols is 1. The number of alkyl carbamates (subject to hydrolysis) is 1. The largest absolute Gasteiger partial charge is 0.507 e. The minimum atomic E-state index is -0.685. The molecular weight excluding hydrogens is 538 g/mol. The molecule has 0 bridgehead atoms. The summed E-state index contributed by atoms with van der Waals surface area (Å²) < 4.78 is 5.01. The second kappa shape index (κ2) is 17.0. The minimum Gasteiger partial charge on any atom is -0.507 e. The second-order valence-corrected chi connectivity index (χ2v) is 11.8. The quantitative estimate of drug-likeness (QED) is 0.356. The van der Waals surface area contributed by atoms with Gasteiger partial charge in [-0.25, -0.2) is 4.79 Å². The monoisotopic (exact) mass is 585 g/mol. The Morgan fingerprint density at radius 3 is 2.19 bits per heavy atom. The van der Waals surface area contributed by atoms with E-state index in [4.69, 9.17) is 15.6 Å². The highest BCUT2D eigenvalue weighted by Gasteiger charge is 2.40. The van der Waals surface area contributed by atoms with Gasteiger partial charge in [0, 0.05) is 11.9 Å². The van der Waals surface area contributed by atoms with E-state index in [-0.39, 0.29) is 24.3 Å². The fourth-order valence-electron chi connectivity index (χ4n) is 3.89. The summed E-state index contributed by atoms with van der Waals surface area (Å²) in [6, 6.07) is 12.7. The van der Waals surface area contributed by atoms with E-state index >= 15 is 0 Å². The summed E-state index contributed by atoms with van der Waals surface area (Å²) in [7, 11) is 0. The molecule has 2 fully saturated rings. The zero-order valence-corrected chi connectivity index (χ0v) is 25.6. The summed E-state index contributed by atoms with van der Waals surface area (Å²) >= 11 is 0. The number of fused-ring (bicyclic) bond motifs is 1. The summed E-state index contributed by atoms with van der Waals surface area (Å²) in [5, 5.41) is 22.0. The molecule has 0 radical (unpaired) electrons. The van der Waals surface area contributed by atoms with Gasteiger partial charge in [0.05, 0.1) is 5.92 Å². The summed E-state index contributed by atoms with van der Waals surface area (Å²) in [4.78, 5) is 45.9. The van der Waals surface area contributed by atoms with Crippen LogP contribution in [0.4, 0.5) is 4.79 Å². The number of carboxylic acid groups (broad SMARTS) is 1. The average molecular weight is 586 g/mol. The molecule has 10 heteroatoms. The van der Waals surface area contributed by atoms with Crippen LogP contribution < -0.4 is 11.1 Å². The van der Waals surface area contributed by atoms with Crippen molar-refractivity contribution in [2.24, 2.45) is 23.5 Å². The number of phenolic OH excluding ortho intramolecular Hbond substituents is 1. The average Bonchev–Trinajstić information content (AvgIpc) is 3.53. The first kappa shape index (κ1) is 35.9. The van der Waals surface area contributed by atoms with Gasteiger partial charge in [-0.15, -0.1) is 6.58 Å². The van der Waals surface area contributed by atoms with Gasteiger partial charge in [0.15, 0.2) is 0 Å². The smallest absolute Gasteiger partial charge is 0.408 e. The van der Waals surface area contributed by atoms with Crippen molar-refractivity contribution >= 4 is 34.6 Å². The number of aromatic hydroxyl groups is 1. The Hall–Kier alpha value is -4.08. The van der Waals surface area contributed by atoms with Gasteiger partial charge in [0.1, 0.15) is 23.9 Å². The summed E-state index contributed by atoms with van der Waals surface area (Å²) in [5.41, 5.74) is 4.61. The van der Waals surface area contributed by atoms with Crippen LogP contribution in [0.2, 0.25) is 0 Å². The van der Waals surface area contributed by atoms with Gasteiger partial charge in [0.2, 0.25) is 11.8 Å². The van der Waals surface area contributed by atoms with E-state index in [0.29, 0.717) is 18.7 Å². The van der Waals surface area contributed by atoms with Crippen molar-refractivity contribution in [3.05, 3.63) is 55.1 Å². The van der Waals surface area contributed by atoms with Gasteiger partial charge >= 0.3 is 12.1 Å². The van der Waals surface area contributed by atoms with Gasteiger partial charge in [-0.2, -0.15) is 0 Å². The van der Waals surface area contributed by atoms with Crippen molar-refractivity contribution in [1.29, 1.82) is 0 Å². The van der Waals surface area contributed by atoms with Crippen molar-refractivity contribution in [2.75, 3.05) is 13.1 Å². The molecule has 42 heavy (non-hydrogen) atoms. The van der Waals surface area contributed by atoms with Crippen molar-refractivity contribution in [2.45, 2.75) is 72.4 Å². The third kappa shape index (κ3) is 13.5. The Labute approximate surface area is 248 Å². The van der Waals surface area contributed by atoms with Gasteiger partial charge in [0.25, 0.3) is 0 Å². The number of carbonyl (C=O) groups is 4. The zero-order valence-electron chi connectivity index (χ0n) is 25.6. The number of nitrogens with two attached hydrogens (primary N) is 1. The van der Waals surface area contributed by atoms with E-state index in [9.17, 15) is 24.3 Å². The maximum absolute atomic E-state index is 11.9. The fourth-order valence-corrected chi connectivity index (χ4v) is 3.89. The first-order chi connectivity index (χ1) is 19.6. The van der Waals surface area contributed by atoms with Crippen LogP contribution in [0, 0.1) is 17.8 Å². The number of ether oxygens (including phenoxy) is 1. The molecule has 1 saturated heterocycles. The van der Waals surface area contributed by atoms with Crippen molar-refractivity contribution in [1.82, 2.24) is 10.2 Å². The molecular formula is C32H47N3O7. The number of carboxylic acids is 1. The number of primary amides is 1. The summed E-state index contributed by atoms with van der Waals surface area (Å²) in [6.07, 6.45) is 3.16. The Bertz CT molecular complexity index is 1200. The van der Waals surface area contributed by atoms with Crippen molar-refractivity contribution in [3.63, 3.8) is 0 Å². The number of hydrogen-bond donors (Lipinski definition) is 4. The van der Waals surface area contributed by atoms with E-state index < -0.39 is 29.6 Å². The van der Waals surface area contributed by atoms with Crippen LogP contribution in [-0.4, -0.2) is 63.7 Å². The van der Waals surface area contributed by atoms with Crippen molar-refractivity contribution in [3.8, 4) is 5.75 Å². The first-order valence-electron chi connectivity index (χ1n) is 14.1. The number of amides is 3. The fraction of sp³-hybridized carbons (Fsp3) is 0.500. The molecule has 2 aliphatic rings. The molecule has 0 aromatic heterocycles. The maximum atomic E-state index is 11.9. The Balaban J connectivity index is 0.000000321. The number of aliphatic carboxylic acids is 1. The topological polar surface area (TPSA) is 159 Å². The van der Waals surface area contributed by atoms with Crippen LogP contribution >= 0.6 is 0 Å². The number of hydrogen-bond acceptors (Lipinski definition) is 6. The number of benzene rings is 2. The van der Waals surface area contributed by atoms with E-state index in [2.05, 4.69) is 32.7 Å². The van der Waals surface area contributed by atoms with Crippen LogP contribution in [0.1, 0.15) is 60.8 Å². The second-order valence-electron chi connectivity index (χ2n) is 11.8. The van der Waals surface area contributed by atoms with Crippen LogP contribution in [-0.2, 0) is 19.1 Å². The predicted molar refractivity (Wildman–Crippen MR) is 164 cm³/mol.